The Kier molecular flexibility index (Phi) is 4.09. The first-order valence-electron chi connectivity index (χ1n) is 7.60. The molecule has 0 radical (unpaired) electrons. The van der Waals surface area contributed by atoms with Crippen LogP contribution < -0.4 is 10.4 Å². The number of hydrogen-bond acceptors (Lipinski definition) is 3. The fraction of sp³-hybridized carbons (Fsp3) is 0.389. The second kappa shape index (κ2) is 6.17. The molecule has 0 saturated heterocycles. The Hall–Kier alpha value is -2.03. The summed E-state index contributed by atoms with van der Waals surface area (Å²) in [6, 6.07) is 9.04. The van der Waals surface area contributed by atoms with Crippen LogP contribution in [0.5, 0.6) is 5.75 Å². The number of rotatable bonds is 2. The van der Waals surface area contributed by atoms with Crippen molar-refractivity contribution >= 4 is 11.0 Å². The van der Waals surface area contributed by atoms with Crippen LogP contribution in [0.3, 0.4) is 0 Å². The molecular formula is C18H20O3. The Labute approximate surface area is 124 Å². The normalized spacial score (nSPS) is 22.1. The number of para-hydroxylation sites is 1. The van der Waals surface area contributed by atoms with Crippen LogP contribution in [0.1, 0.15) is 26.2 Å². The standard InChI is InChI=1S/C11H10O3.C7H10/c1-2-13-10-7-8-5-3-4-6-9(8)14-11(10)12;1-2-7-4-3-6(1)5-7/h3-7H,2H2,1H3;1-2,6-7H,3-5H2. The zero-order valence-electron chi connectivity index (χ0n) is 12.2. The van der Waals surface area contributed by atoms with Crippen molar-refractivity contribution in [2.75, 3.05) is 6.61 Å². The molecule has 1 fully saturated rings. The van der Waals surface area contributed by atoms with Crippen LogP contribution in [-0.2, 0) is 0 Å². The molecule has 1 saturated carbocycles. The fourth-order valence-electron chi connectivity index (χ4n) is 3.02. The summed E-state index contributed by atoms with van der Waals surface area (Å²) in [6.07, 6.45) is 9.19. The summed E-state index contributed by atoms with van der Waals surface area (Å²) < 4.78 is 10.2. The number of fused-ring (bicyclic) bond motifs is 3. The average Bonchev–Trinajstić information content (AvgIpc) is 3.14. The van der Waals surface area contributed by atoms with E-state index < -0.39 is 5.63 Å². The summed E-state index contributed by atoms with van der Waals surface area (Å²) in [5.74, 6) is 2.25. The maximum atomic E-state index is 11.3. The molecule has 0 spiro atoms. The fourth-order valence-corrected chi connectivity index (χ4v) is 3.02. The highest BCUT2D eigenvalue weighted by molar-refractivity contribution is 5.77. The molecule has 2 atom stereocenters. The van der Waals surface area contributed by atoms with Gasteiger partial charge < -0.3 is 9.15 Å². The maximum Gasteiger partial charge on any atom is 0.379 e. The van der Waals surface area contributed by atoms with Crippen LogP contribution in [0.15, 0.2) is 51.7 Å². The van der Waals surface area contributed by atoms with Gasteiger partial charge in [-0.15, -0.1) is 0 Å². The molecule has 0 N–H and O–H groups in total. The van der Waals surface area contributed by atoms with Crippen molar-refractivity contribution in [1.29, 1.82) is 0 Å². The molecule has 2 aliphatic carbocycles. The zero-order valence-corrected chi connectivity index (χ0v) is 12.2. The molecule has 1 heterocycles. The lowest BCUT2D eigenvalue weighted by Crippen LogP contribution is -2.05. The van der Waals surface area contributed by atoms with E-state index in [2.05, 4.69) is 12.2 Å². The highest BCUT2D eigenvalue weighted by atomic mass is 16.5. The van der Waals surface area contributed by atoms with Crippen molar-refractivity contribution in [2.45, 2.75) is 26.2 Å². The SMILES string of the molecule is C1=CC2CCC1C2.CCOc1cc2ccccc2oc1=O. The molecule has 1 aromatic carbocycles. The lowest BCUT2D eigenvalue weighted by molar-refractivity contribution is 0.322. The van der Waals surface area contributed by atoms with Gasteiger partial charge in [0, 0.05) is 5.39 Å². The van der Waals surface area contributed by atoms with Crippen molar-refractivity contribution in [3.05, 3.63) is 52.9 Å². The van der Waals surface area contributed by atoms with Crippen LogP contribution in [0.4, 0.5) is 0 Å². The number of allylic oxidation sites excluding steroid dienone is 2. The Bertz CT molecular complexity index is 687. The van der Waals surface area contributed by atoms with Gasteiger partial charge in [-0.05, 0) is 50.2 Å². The van der Waals surface area contributed by atoms with E-state index in [1.165, 1.54) is 19.3 Å². The Morgan fingerprint density at radius 2 is 1.90 bits per heavy atom. The molecule has 2 aromatic rings. The highest BCUT2D eigenvalue weighted by Gasteiger charge is 2.25. The second-order valence-electron chi connectivity index (χ2n) is 5.59. The van der Waals surface area contributed by atoms with E-state index >= 15 is 0 Å². The molecular weight excluding hydrogens is 264 g/mol. The lowest BCUT2D eigenvalue weighted by Gasteiger charge is -2.01. The molecule has 3 heteroatoms. The summed E-state index contributed by atoms with van der Waals surface area (Å²) in [5, 5.41) is 0.871. The number of benzene rings is 1. The third-order valence-electron chi connectivity index (χ3n) is 4.08. The minimum Gasteiger partial charge on any atom is -0.487 e. The van der Waals surface area contributed by atoms with Crippen LogP contribution in [-0.4, -0.2) is 6.61 Å². The maximum absolute atomic E-state index is 11.3. The summed E-state index contributed by atoms with van der Waals surface area (Å²) in [4.78, 5) is 11.3. The second-order valence-corrected chi connectivity index (χ2v) is 5.59. The zero-order chi connectivity index (χ0) is 14.7. The summed E-state index contributed by atoms with van der Waals surface area (Å²) in [6.45, 7) is 2.29. The first kappa shape index (κ1) is 13.9. The van der Waals surface area contributed by atoms with Gasteiger partial charge in [0.25, 0.3) is 0 Å². The Morgan fingerprint density at radius 1 is 1.19 bits per heavy atom. The quantitative estimate of drug-likeness (QED) is 0.614. The molecule has 2 aliphatic rings. The van der Waals surface area contributed by atoms with Gasteiger partial charge in [0.15, 0.2) is 0 Å². The summed E-state index contributed by atoms with van der Waals surface area (Å²) >= 11 is 0. The van der Waals surface area contributed by atoms with E-state index in [1.54, 1.807) is 12.1 Å². The number of hydrogen-bond donors (Lipinski definition) is 0. The minimum absolute atomic E-state index is 0.270. The summed E-state index contributed by atoms with van der Waals surface area (Å²) in [7, 11) is 0. The number of ether oxygens (including phenoxy) is 1. The van der Waals surface area contributed by atoms with E-state index in [0.29, 0.717) is 12.2 Å². The smallest absolute Gasteiger partial charge is 0.379 e. The van der Waals surface area contributed by atoms with Gasteiger partial charge in [0.05, 0.1) is 6.61 Å². The molecule has 1 aromatic heterocycles. The molecule has 110 valence electrons. The van der Waals surface area contributed by atoms with Gasteiger partial charge in [-0.3, -0.25) is 0 Å². The van der Waals surface area contributed by atoms with Crippen molar-refractivity contribution in [3.63, 3.8) is 0 Å². The molecule has 3 nitrogen and oxygen atoms in total. The largest absolute Gasteiger partial charge is 0.487 e. The first-order valence-corrected chi connectivity index (χ1v) is 7.60. The monoisotopic (exact) mass is 284 g/mol. The first-order chi connectivity index (χ1) is 10.3. The van der Waals surface area contributed by atoms with Crippen molar-refractivity contribution in [2.24, 2.45) is 11.8 Å². The van der Waals surface area contributed by atoms with Gasteiger partial charge in [0.2, 0.25) is 5.75 Å². The van der Waals surface area contributed by atoms with Gasteiger partial charge >= 0.3 is 5.63 Å². The van der Waals surface area contributed by atoms with Crippen molar-refractivity contribution < 1.29 is 9.15 Å². The molecule has 2 bridgehead atoms. The van der Waals surface area contributed by atoms with Gasteiger partial charge in [-0.25, -0.2) is 4.79 Å². The van der Waals surface area contributed by atoms with Crippen molar-refractivity contribution in [1.82, 2.24) is 0 Å². The van der Waals surface area contributed by atoms with Crippen LogP contribution in [0.25, 0.3) is 11.0 Å². The summed E-state index contributed by atoms with van der Waals surface area (Å²) in [5.41, 5.74) is 0.159. The molecule has 0 aliphatic heterocycles. The van der Waals surface area contributed by atoms with E-state index in [-0.39, 0.29) is 5.75 Å². The highest BCUT2D eigenvalue weighted by Crippen LogP contribution is 2.38. The van der Waals surface area contributed by atoms with Gasteiger partial charge in [0.1, 0.15) is 5.58 Å². The average molecular weight is 284 g/mol. The predicted molar refractivity (Wildman–Crippen MR) is 83.6 cm³/mol. The Morgan fingerprint density at radius 3 is 2.48 bits per heavy atom. The lowest BCUT2D eigenvalue weighted by atomic mass is 10.1. The topological polar surface area (TPSA) is 39.4 Å². The molecule has 21 heavy (non-hydrogen) atoms. The van der Waals surface area contributed by atoms with Crippen LogP contribution in [0.2, 0.25) is 0 Å². The van der Waals surface area contributed by atoms with E-state index in [0.717, 1.165) is 17.2 Å². The van der Waals surface area contributed by atoms with Gasteiger partial charge in [-0.1, -0.05) is 30.4 Å². The molecule has 0 amide bonds. The van der Waals surface area contributed by atoms with Gasteiger partial charge in [-0.2, -0.15) is 0 Å². The molecule has 2 unspecified atom stereocenters. The van der Waals surface area contributed by atoms with Crippen molar-refractivity contribution in [3.8, 4) is 5.75 Å². The predicted octanol–water partition coefficient (Wildman–Crippen LogP) is 4.16. The van der Waals surface area contributed by atoms with Crippen LogP contribution in [0, 0.1) is 11.8 Å². The molecule has 4 rings (SSSR count). The minimum atomic E-state index is -0.425. The third kappa shape index (κ3) is 3.18. The van der Waals surface area contributed by atoms with E-state index in [4.69, 9.17) is 9.15 Å². The van der Waals surface area contributed by atoms with E-state index in [1.807, 2.05) is 25.1 Å². The Balaban J connectivity index is 0.000000156. The van der Waals surface area contributed by atoms with E-state index in [9.17, 15) is 4.79 Å². The van der Waals surface area contributed by atoms with Crippen LogP contribution >= 0.6 is 0 Å². The third-order valence-corrected chi connectivity index (χ3v) is 4.08.